The highest BCUT2D eigenvalue weighted by atomic mass is 16.3. The first kappa shape index (κ1) is 32.1. The molecule has 11 rings (SSSR count). The molecule has 0 bridgehead atoms. The maximum absolute atomic E-state index is 6.88. The Bertz CT molecular complexity index is 2940. The van der Waals surface area contributed by atoms with Gasteiger partial charge in [-0.05, 0) is 64.2 Å². The SMILES string of the molecule is C1=CC2C(c3ccccc3N2c2cccc(-c3ccccc3)c2)c2c1oc1c(-c3nc(-c4ccccc4)nc(-c4cccc(-c5ccccc5)c4)n3)cccc21. The van der Waals surface area contributed by atoms with Crippen LogP contribution >= 0.6 is 0 Å². The van der Waals surface area contributed by atoms with Gasteiger partial charge in [0.2, 0.25) is 0 Å². The average molecular weight is 719 g/mol. The van der Waals surface area contributed by atoms with E-state index in [2.05, 4.69) is 163 Å². The molecule has 0 amide bonds. The van der Waals surface area contributed by atoms with Crippen molar-refractivity contribution in [1.29, 1.82) is 0 Å². The topological polar surface area (TPSA) is 55.1 Å². The third-order valence-electron chi connectivity index (χ3n) is 11.1. The van der Waals surface area contributed by atoms with E-state index in [1.54, 1.807) is 0 Å². The van der Waals surface area contributed by atoms with Crippen LogP contribution in [-0.2, 0) is 0 Å². The van der Waals surface area contributed by atoms with Crippen molar-refractivity contribution in [2.75, 3.05) is 4.90 Å². The Morgan fingerprint density at radius 2 is 1.04 bits per heavy atom. The van der Waals surface area contributed by atoms with Crippen molar-refractivity contribution in [2.45, 2.75) is 12.0 Å². The minimum absolute atomic E-state index is 0.0672. The molecule has 7 aromatic carbocycles. The summed E-state index contributed by atoms with van der Waals surface area (Å²) in [6.07, 6.45) is 4.46. The number of nitrogens with zero attached hydrogens (tertiary/aromatic N) is 4. The molecule has 264 valence electrons. The lowest BCUT2D eigenvalue weighted by atomic mass is 9.82. The summed E-state index contributed by atoms with van der Waals surface area (Å²) in [4.78, 5) is 17.8. The highest BCUT2D eigenvalue weighted by molar-refractivity contribution is 5.97. The van der Waals surface area contributed by atoms with Gasteiger partial charge in [0.25, 0.3) is 0 Å². The summed E-state index contributed by atoms with van der Waals surface area (Å²) in [6, 6.07) is 63.6. The molecule has 2 aliphatic rings. The van der Waals surface area contributed by atoms with E-state index >= 15 is 0 Å². The van der Waals surface area contributed by atoms with Crippen LogP contribution in [0.5, 0.6) is 0 Å². The van der Waals surface area contributed by atoms with Crippen LogP contribution in [0.3, 0.4) is 0 Å². The fourth-order valence-electron chi connectivity index (χ4n) is 8.54. The molecule has 0 N–H and O–H groups in total. The van der Waals surface area contributed by atoms with Gasteiger partial charge in [-0.25, -0.2) is 15.0 Å². The first-order valence-electron chi connectivity index (χ1n) is 19.0. The second kappa shape index (κ2) is 13.2. The summed E-state index contributed by atoms with van der Waals surface area (Å²) in [5.41, 5.74) is 12.9. The first-order valence-corrected chi connectivity index (χ1v) is 19.0. The monoisotopic (exact) mass is 718 g/mol. The Kier molecular flexibility index (Phi) is 7.56. The van der Waals surface area contributed by atoms with E-state index in [1.807, 2.05) is 36.4 Å². The van der Waals surface area contributed by atoms with Gasteiger partial charge in [0, 0.05) is 39.4 Å². The zero-order valence-corrected chi connectivity index (χ0v) is 30.3. The molecule has 3 heterocycles. The normalized spacial score (nSPS) is 15.4. The van der Waals surface area contributed by atoms with Crippen molar-refractivity contribution in [3.63, 3.8) is 0 Å². The fourth-order valence-corrected chi connectivity index (χ4v) is 8.54. The summed E-state index contributed by atoms with van der Waals surface area (Å²) in [6.45, 7) is 0. The second-order valence-corrected chi connectivity index (χ2v) is 14.4. The molecule has 2 atom stereocenters. The molecule has 56 heavy (non-hydrogen) atoms. The number of furan rings is 1. The zero-order chi connectivity index (χ0) is 37.0. The third-order valence-corrected chi connectivity index (χ3v) is 11.1. The van der Waals surface area contributed by atoms with Crippen LogP contribution in [0, 0.1) is 0 Å². The van der Waals surface area contributed by atoms with Crippen LogP contribution in [-0.4, -0.2) is 21.0 Å². The zero-order valence-electron chi connectivity index (χ0n) is 30.3. The predicted molar refractivity (Wildman–Crippen MR) is 226 cm³/mol. The first-order chi connectivity index (χ1) is 27.8. The molecule has 0 spiro atoms. The molecule has 2 unspecified atom stereocenters. The van der Waals surface area contributed by atoms with Gasteiger partial charge < -0.3 is 9.32 Å². The third kappa shape index (κ3) is 5.36. The van der Waals surface area contributed by atoms with Gasteiger partial charge in [-0.15, -0.1) is 0 Å². The molecule has 0 fully saturated rings. The average Bonchev–Trinajstić information content (AvgIpc) is 3.83. The molecule has 1 aliphatic heterocycles. The van der Waals surface area contributed by atoms with Crippen molar-refractivity contribution in [3.8, 4) is 56.4 Å². The van der Waals surface area contributed by atoms with Gasteiger partial charge in [-0.3, -0.25) is 0 Å². The standard InChI is InChI=1S/C51H34N4O/c1-4-15-33(16-5-1)36-21-12-23-38(31-36)50-52-49(35-19-8-3-9-20-35)53-51(54-50)42-27-14-26-41-47-45(56-48(41)42)30-29-44-46(47)40-25-10-11-28-43(40)55(44)39-24-13-22-37(32-39)34-17-6-2-7-18-34/h1-32,44,46H. The summed E-state index contributed by atoms with van der Waals surface area (Å²) in [5.74, 6) is 2.73. The number of benzene rings is 7. The van der Waals surface area contributed by atoms with E-state index in [9.17, 15) is 0 Å². The highest BCUT2D eigenvalue weighted by Gasteiger charge is 2.43. The number of aromatic nitrogens is 3. The van der Waals surface area contributed by atoms with Gasteiger partial charge in [0.15, 0.2) is 17.5 Å². The van der Waals surface area contributed by atoms with Gasteiger partial charge in [-0.1, -0.05) is 158 Å². The minimum atomic E-state index is 0.0672. The molecule has 0 saturated carbocycles. The number of hydrogen-bond donors (Lipinski definition) is 0. The van der Waals surface area contributed by atoms with Crippen LogP contribution in [0.4, 0.5) is 11.4 Å². The quantitative estimate of drug-likeness (QED) is 0.171. The van der Waals surface area contributed by atoms with Gasteiger partial charge in [0.05, 0.1) is 11.6 Å². The maximum atomic E-state index is 6.88. The maximum Gasteiger partial charge on any atom is 0.167 e. The highest BCUT2D eigenvalue weighted by Crippen LogP contribution is 2.54. The Morgan fingerprint density at radius 3 is 1.79 bits per heavy atom. The smallest absolute Gasteiger partial charge is 0.167 e. The molecule has 0 radical (unpaired) electrons. The predicted octanol–water partition coefficient (Wildman–Crippen LogP) is 12.6. The van der Waals surface area contributed by atoms with Crippen LogP contribution in [0.25, 0.3) is 73.5 Å². The number of para-hydroxylation sites is 2. The van der Waals surface area contributed by atoms with Crippen molar-refractivity contribution in [2.24, 2.45) is 0 Å². The van der Waals surface area contributed by atoms with Crippen molar-refractivity contribution in [1.82, 2.24) is 15.0 Å². The van der Waals surface area contributed by atoms with Gasteiger partial charge in [-0.2, -0.15) is 0 Å². The van der Waals surface area contributed by atoms with Crippen molar-refractivity contribution < 1.29 is 4.42 Å². The molecular formula is C51H34N4O. The fraction of sp³-hybridized carbons (Fsp3) is 0.0392. The molecule has 0 saturated heterocycles. The molecule has 5 nitrogen and oxygen atoms in total. The Labute approximate surface area is 324 Å². The lowest BCUT2D eigenvalue weighted by Gasteiger charge is -2.30. The number of hydrogen-bond acceptors (Lipinski definition) is 5. The van der Waals surface area contributed by atoms with E-state index in [-0.39, 0.29) is 12.0 Å². The summed E-state index contributed by atoms with van der Waals surface area (Å²) in [5, 5.41) is 1.07. The van der Waals surface area contributed by atoms with Gasteiger partial charge >= 0.3 is 0 Å². The van der Waals surface area contributed by atoms with E-state index in [4.69, 9.17) is 19.4 Å². The Balaban J connectivity index is 1.05. The molecule has 1 aliphatic carbocycles. The van der Waals surface area contributed by atoms with Crippen LogP contribution in [0.1, 0.15) is 22.8 Å². The lowest BCUT2D eigenvalue weighted by molar-refractivity contribution is 0.584. The van der Waals surface area contributed by atoms with Crippen LogP contribution in [0.15, 0.2) is 192 Å². The number of anilines is 2. The molecule has 2 aromatic heterocycles. The van der Waals surface area contributed by atoms with Gasteiger partial charge in [0.1, 0.15) is 11.3 Å². The van der Waals surface area contributed by atoms with Crippen molar-refractivity contribution in [3.05, 3.63) is 205 Å². The summed E-state index contributed by atoms with van der Waals surface area (Å²) in [7, 11) is 0. The van der Waals surface area contributed by atoms with E-state index in [0.29, 0.717) is 17.5 Å². The molecular weight excluding hydrogens is 685 g/mol. The summed E-state index contributed by atoms with van der Waals surface area (Å²) >= 11 is 0. The lowest BCUT2D eigenvalue weighted by Crippen LogP contribution is -2.30. The Morgan fingerprint density at radius 1 is 0.464 bits per heavy atom. The number of rotatable bonds is 6. The summed E-state index contributed by atoms with van der Waals surface area (Å²) < 4.78 is 6.88. The van der Waals surface area contributed by atoms with E-state index < -0.39 is 0 Å². The largest absolute Gasteiger partial charge is 0.456 e. The molecule has 9 aromatic rings. The van der Waals surface area contributed by atoms with E-state index in [1.165, 1.54) is 27.9 Å². The Hall–Kier alpha value is -7.37. The number of fused-ring (bicyclic) bond motifs is 7. The second-order valence-electron chi connectivity index (χ2n) is 14.4. The molecule has 5 heteroatoms. The van der Waals surface area contributed by atoms with E-state index in [0.717, 1.165) is 50.2 Å². The van der Waals surface area contributed by atoms with Crippen LogP contribution in [0.2, 0.25) is 0 Å². The minimum Gasteiger partial charge on any atom is -0.456 e. The van der Waals surface area contributed by atoms with Crippen LogP contribution < -0.4 is 4.90 Å². The van der Waals surface area contributed by atoms with Crippen molar-refractivity contribution >= 4 is 28.4 Å².